The molecule has 3 amide bonds. The number of nitrogens with one attached hydrogen (secondary N) is 3. The standard InChI is InChI=1S/C21H34N4O11/c1-10(2)9-14(20(34)24-13(21(35)36)5-8-17(30)31)25-19(33)12(4-7-16(28)29)23-18(32)11(22)3-6-15(26)27/h10-14H,3-9,22H2,1-2H3,(H,23,32)(H,24,34)(H,25,33)(H,26,27)(H,28,29)(H,30,31)(H,35,36). The summed E-state index contributed by atoms with van der Waals surface area (Å²) >= 11 is 0. The van der Waals surface area contributed by atoms with Crippen molar-refractivity contribution in [2.45, 2.75) is 83.0 Å². The van der Waals surface area contributed by atoms with Crippen molar-refractivity contribution < 1.29 is 54.0 Å². The van der Waals surface area contributed by atoms with Crippen LogP contribution in [0.15, 0.2) is 0 Å². The van der Waals surface area contributed by atoms with E-state index in [1.54, 1.807) is 13.8 Å². The summed E-state index contributed by atoms with van der Waals surface area (Å²) in [5.41, 5.74) is 5.63. The van der Waals surface area contributed by atoms with Crippen molar-refractivity contribution in [2.24, 2.45) is 11.7 Å². The number of carbonyl (C=O) groups excluding carboxylic acids is 3. The quantitative estimate of drug-likeness (QED) is 0.103. The molecule has 0 rings (SSSR count). The van der Waals surface area contributed by atoms with Crippen molar-refractivity contribution in [3.05, 3.63) is 0 Å². The summed E-state index contributed by atoms with van der Waals surface area (Å²) in [5.74, 6) is -8.10. The molecular formula is C21H34N4O11. The molecule has 204 valence electrons. The van der Waals surface area contributed by atoms with Crippen LogP contribution in [0.1, 0.15) is 58.8 Å². The molecule has 0 aromatic heterocycles. The molecule has 4 atom stereocenters. The molecule has 0 aliphatic rings. The predicted molar refractivity (Wildman–Crippen MR) is 121 cm³/mol. The SMILES string of the molecule is CC(C)CC(NC(=O)C(CCC(=O)O)NC(=O)C(N)CCC(=O)O)C(=O)NC(CCC(=O)O)C(=O)O. The second-order valence-electron chi connectivity index (χ2n) is 8.56. The first-order chi connectivity index (χ1) is 16.6. The molecule has 0 aliphatic heterocycles. The van der Waals surface area contributed by atoms with Crippen molar-refractivity contribution in [3.8, 4) is 0 Å². The van der Waals surface area contributed by atoms with Gasteiger partial charge in [0, 0.05) is 19.3 Å². The number of carboxylic acid groups (broad SMARTS) is 4. The van der Waals surface area contributed by atoms with Crippen LogP contribution in [0.4, 0.5) is 0 Å². The van der Waals surface area contributed by atoms with Gasteiger partial charge in [0.25, 0.3) is 0 Å². The highest BCUT2D eigenvalue weighted by molar-refractivity contribution is 5.94. The van der Waals surface area contributed by atoms with Gasteiger partial charge in [-0.2, -0.15) is 0 Å². The lowest BCUT2D eigenvalue weighted by Crippen LogP contribution is -2.57. The van der Waals surface area contributed by atoms with Crippen LogP contribution in [-0.4, -0.2) is 86.2 Å². The van der Waals surface area contributed by atoms with Gasteiger partial charge in [0.1, 0.15) is 18.1 Å². The maximum atomic E-state index is 12.9. The fourth-order valence-electron chi connectivity index (χ4n) is 3.00. The number of nitrogens with two attached hydrogens (primary N) is 1. The molecule has 0 aliphatic carbocycles. The van der Waals surface area contributed by atoms with Gasteiger partial charge in [0.15, 0.2) is 0 Å². The van der Waals surface area contributed by atoms with Crippen molar-refractivity contribution in [2.75, 3.05) is 0 Å². The molecule has 0 bridgehead atoms. The molecule has 36 heavy (non-hydrogen) atoms. The number of amides is 3. The number of carbonyl (C=O) groups is 7. The Kier molecular flexibility index (Phi) is 14.4. The minimum Gasteiger partial charge on any atom is -0.481 e. The van der Waals surface area contributed by atoms with E-state index in [-0.39, 0.29) is 25.2 Å². The minimum absolute atomic E-state index is 0.0422. The van der Waals surface area contributed by atoms with Gasteiger partial charge in [-0.05, 0) is 31.6 Å². The lowest BCUT2D eigenvalue weighted by molar-refractivity contribution is -0.143. The fraction of sp³-hybridized carbons (Fsp3) is 0.667. The number of carboxylic acids is 4. The lowest BCUT2D eigenvalue weighted by atomic mass is 10.0. The van der Waals surface area contributed by atoms with Crippen LogP contribution in [0.25, 0.3) is 0 Å². The van der Waals surface area contributed by atoms with Crippen molar-refractivity contribution in [1.29, 1.82) is 0 Å². The van der Waals surface area contributed by atoms with E-state index in [2.05, 4.69) is 16.0 Å². The first-order valence-corrected chi connectivity index (χ1v) is 11.2. The summed E-state index contributed by atoms with van der Waals surface area (Å²) in [4.78, 5) is 81.8. The van der Waals surface area contributed by atoms with Gasteiger partial charge in [0.05, 0.1) is 6.04 Å². The highest BCUT2D eigenvalue weighted by atomic mass is 16.4. The monoisotopic (exact) mass is 518 g/mol. The number of hydrogen-bond donors (Lipinski definition) is 8. The van der Waals surface area contributed by atoms with E-state index in [4.69, 9.17) is 21.1 Å². The predicted octanol–water partition coefficient (Wildman–Crippen LogP) is -1.51. The Morgan fingerprint density at radius 3 is 1.44 bits per heavy atom. The van der Waals surface area contributed by atoms with E-state index in [9.17, 15) is 38.7 Å². The average molecular weight is 519 g/mol. The van der Waals surface area contributed by atoms with Gasteiger partial charge < -0.3 is 42.1 Å². The van der Waals surface area contributed by atoms with E-state index >= 15 is 0 Å². The first kappa shape index (κ1) is 32.2. The number of rotatable bonds is 18. The Bertz CT molecular complexity index is 831. The third-order valence-electron chi connectivity index (χ3n) is 4.89. The van der Waals surface area contributed by atoms with Crippen LogP contribution in [-0.2, 0) is 33.6 Å². The van der Waals surface area contributed by atoms with Gasteiger partial charge in [-0.25, -0.2) is 4.79 Å². The summed E-state index contributed by atoms with van der Waals surface area (Å²) in [6, 6.07) is -5.54. The molecule has 0 aromatic carbocycles. The zero-order valence-corrected chi connectivity index (χ0v) is 20.1. The van der Waals surface area contributed by atoms with Crippen LogP contribution in [0, 0.1) is 5.92 Å². The first-order valence-electron chi connectivity index (χ1n) is 11.2. The molecule has 0 radical (unpaired) electrons. The third-order valence-corrected chi connectivity index (χ3v) is 4.89. The second kappa shape index (κ2) is 16.0. The summed E-state index contributed by atoms with van der Waals surface area (Å²) in [6.45, 7) is 3.44. The minimum atomic E-state index is -1.53. The van der Waals surface area contributed by atoms with Crippen LogP contribution >= 0.6 is 0 Å². The van der Waals surface area contributed by atoms with Crippen LogP contribution in [0.3, 0.4) is 0 Å². The van der Waals surface area contributed by atoms with Crippen molar-refractivity contribution >= 4 is 41.6 Å². The molecule has 0 spiro atoms. The summed E-state index contributed by atoms with van der Waals surface area (Å²) in [6.07, 6.45) is -2.43. The highest BCUT2D eigenvalue weighted by Crippen LogP contribution is 2.09. The van der Waals surface area contributed by atoms with Gasteiger partial charge >= 0.3 is 23.9 Å². The van der Waals surface area contributed by atoms with E-state index in [0.717, 1.165) is 0 Å². The molecule has 0 fully saturated rings. The molecule has 0 heterocycles. The third kappa shape index (κ3) is 13.8. The lowest BCUT2D eigenvalue weighted by Gasteiger charge is -2.26. The maximum absolute atomic E-state index is 12.9. The summed E-state index contributed by atoms with van der Waals surface area (Å²) < 4.78 is 0. The van der Waals surface area contributed by atoms with Crippen LogP contribution in [0.2, 0.25) is 0 Å². The van der Waals surface area contributed by atoms with Gasteiger partial charge in [0.2, 0.25) is 17.7 Å². The Morgan fingerprint density at radius 1 is 0.611 bits per heavy atom. The molecule has 4 unspecified atom stereocenters. The molecule has 0 aromatic rings. The molecule has 9 N–H and O–H groups in total. The van der Waals surface area contributed by atoms with E-state index < -0.39 is 91.4 Å². The van der Waals surface area contributed by atoms with Gasteiger partial charge in [-0.1, -0.05) is 13.8 Å². The highest BCUT2D eigenvalue weighted by Gasteiger charge is 2.31. The molecule has 15 nitrogen and oxygen atoms in total. The van der Waals surface area contributed by atoms with E-state index in [0.29, 0.717) is 0 Å². The van der Waals surface area contributed by atoms with Crippen LogP contribution in [0.5, 0.6) is 0 Å². The maximum Gasteiger partial charge on any atom is 0.326 e. The number of hydrogen-bond acceptors (Lipinski definition) is 8. The van der Waals surface area contributed by atoms with Crippen molar-refractivity contribution in [3.63, 3.8) is 0 Å². The Hall–Kier alpha value is -3.75. The zero-order chi connectivity index (χ0) is 28.0. The number of aliphatic carboxylic acids is 4. The Balaban J connectivity index is 5.56. The summed E-state index contributed by atoms with van der Waals surface area (Å²) in [5, 5.41) is 42.5. The molecule has 0 saturated carbocycles. The van der Waals surface area contributed by atoms with E-state index in [1.165, 1.54) is 0 Å². The average Bonchev–Trinajstić information content (AvgIpc) is 2.75. The van der Waals surface area contributed by atoms with Gasteiger partial charge in [-0.3, -0.25) is 28.8 Å². The summed E-state index contributed by atoms with van der Waals surface area (Å²) in [7, 11) is 0. The fourth-order valence-corrected chi connectivity index (χ4v) is 3.00. The smallest absolute Gasteiger partial charge is 0.326 e. The second-order valence-corrected chi connectivity index (χ2v) is 8.56. The Labute approximate surface area is 206 Å². The van der Waals surface area contributed by atoms with E-state index in [1.807, 2.05) is 0 Å². The van der Waals surface area contributed by atoms with Gasteiger partial charge in [-0.15, -0.1) is 0 Å². The Morgan fingerprint density at radius 2 is 1.00 bits per heavy atom. The largest absolute Gasteiger partial charge is 0.481 e. The normalized spacial score (nSPS) is 14.1. The van der Waals surface area contributed by atoms with Crippen LogP contribution < -0.4 is 21.7 Å². The van der Waals surface area contributed by atoms with Crippen molar-refractivity contribution in [1.82, 2.24) is 16.0 Å². The molecule has 0 saturated heterocycles. The molecular weight excluding hydrogens is 484 g/mol. The topological polar surface area (TPSA) is 263 Å². The zero-order valence-electron chi connectivity index (χ0n) is 20.1. The molecule has 15 heteroatoms.